The molecule has 0 aliphatic rings. The van der Waals surface area contributed by atoms with Crippen LogP contribution in [0.3, 0.4) is 0 Å². The fraction of sp³-hybridized carbons (Fsp3) is 0.214. The molecule has 120 valence electrons. The number of methoxy groups -OCH3 is 1. The van der Waals surface area contributed by atoms with E-state index in [0.29, 0.717) is 17.1 Å². The molecule has 0 unspecified atom stereocenters. The molecule has 0 spiro atoms. The minimum atomic E-state index is -0.592. The Bertz CT molecular complexity index is 753. The smallest absolute Gasteiger partial charge is 0.343 e. The molecule has 0 aliphatic carbocycles. The normalized spacial score (nSPS) is 10.7. The molecule has 0 saturated heterocycles. The molecule has 1 aromatic heterocycles. The van der Waals surface area contributed by atoms with Crippen LogP contribution in [0, 0.1) is 17.0 Å². The number of benzene rings is 1. The Hall–Kier alpha value is -3.23. The molecule has 0 radical (unpaired) electrons. The fourth-order valence-electron chi connectivity index (χ4n) is 1.92. The molecule has 1 N–H and O–H groups in total. The lowest BCUT2D eigenvalue weighted by Gasteiger charge is -2.03. The number of rotatable bonds is 6. The Balaban J connectivity index is 2.02. The van der Waals surface area contributed by atoms with Crippen molar-refractivity contribution in [2.75, 3.05) is 7.11 Å². The molecule has 0 atom stereocenters. The van der Waals surface area contributed by atoms with Gasteiger partial charge in [-0.3, -0.25) is 4.79 Å². The van der Waals surface area contributed by atoms with Gasteiger partial charge in [-0.25, -0.2) is 15.0 Å². The number of para-hydroxylation sites is 1. The maximum atomic E-state index is 11.9. The monoisotopic (exact) mass is 317 g/mol. The number of aryl methyl sites for hydroxylation is 1. The summed E-state index contributed by atoms with van der Waals surface area (Å²) < 4.78 is 6.36. The zero-order valence-corrected chi connectivity index (χ0v) is 12.6. The lowest BCUT2D eigenvalue weighted by molar-refractivity contribution is -0.392. The second-order valence-corrected chi connectivity index (χ2v) is 4.54. The van der Waals surface area contributed by atoms with Crippen molar-refractivity contribution in [1.29, 1.82) is 0 Å². The maximum Gasteiger partial charge on any atom is 0.343 e. The number of nitrogens with zero attached hydrogens (tertiary/aromatic N) is 4. The topological polar surface area (TPSA) is 112 Å². The molecule has 0 aliphatic heterocycles. The molecule has 0 saturated carbocycles. The first-order valence-electron chi connectivity index (χ1n) is 6.64. The van der Waals surface area contributed by atoms with Gasteiger partial charge in [0.15, 0.2) is 12.4 Å². The van der Waals surface area contributed by atoms with Gasteiger partial charge in [-0.1, -0.05) is 12.1 Å². The van der Waals surface area contributed by atoms with Gasteiger partial charge in [-0.15, -0.1) is 0 Å². The first-order valence-corrected chi connectivity index (χ1v) is 6.64. The maximum absolute atomic E-state index is 11.9. The quantitative estimate of drug-likeness (QED) is 0.489. The SMILES string of the molecule is COc1ccccc1/C=N/NC(=O)Cn1c([N+](=O)[O-])cnc1C. The predicted octanol–water partition coefficient (Wildman–Crippen LogP) is 1.26. The third-order valence-corrected chi connectivity index (χ3v) is 3.05. The number of hydrogen-bond donors (Lipinski definition) is 1. The van der Waals surface area contributed by atoms with Gasteiger partial charge in [0.25, 0.3) is 5.91 Å². The van der Waals surface area contributed by atoms with E-state index in [9.17, 15) is 14.9 Å². The first-order chi connectivity index (χ1) is 11.0. The lowest BCUT2D eigenvalue weighted by Crippen LogP contribution is -2.24. The van der Waals surface area contributed by atoms with Crippen molar-refractivity contribution in [1.82, 2.24) is 15.0 Å². The second-order valence-electron chi connectivity index (χ2n) is 4.54. The minimum absolute atomic E-state index is 0.244. The van der Waals surface area contributed by atoms with Crippen LogP contribution in [0.2, 0.25) is 0 Å². The van der Waals surface area contributed by atoms with E-state index in [0.717, 1.165) is 6.20 Å². The van der Waals surface area contributed by atoms with Crippen molar-refractivity contribution >= 4 is 17.9 Å². The average molecular weight is 317 g/mol. The largest absolute Gasteiger partial charge is 0.496 e. The standard InChI is InChI=1S/C14H15N5O4/c1-10-15-8-14(19(21)22)18(10)9-13(20)17-16-7-11-5-3-4-6-12(11)23-2/h3-8H,9H2,1-2H3,(H,17,20)/b16-7+. The predicted molar refractivity (Wildman–Crippen MR) is 82.3 cm³/mol. The van der Waals surface area contributed by atoms with Gasteiger partial charge >= 0.3 is 5.82 Å². The Kier molecular flexibility index (Phi) is 5.03. The summed E-state index contributed by atoms with van der Waals surface area (Å²) in [5.41, 5.74) is 3.01. The van der Waals surface area contributed by atoms with Crippen molar-refractivity contribution in [3.8, 4) is 5.75 Å². The highest BCUT2D eigenvalue weighted by atomic mass is 16.6. The third-order valence-electron chi connectivity index (χ3n) is 3.05. The Morgan fingerprint density at radius 3 is 2.96 bits per heavy atom. The number of carbonyl (C=O) groups excluding carboxylic acids is 1. The number of imidazole rings is 1. The van der Waals surface area contributed by atoms with Crippen LogP contribution in [0.5, 0.6) is 5.75 Å². The van der Waals surface area contributed by atoms with Gasteiger partial charge < -0.3 is 14.9 Å². The molecule has 2 aromatic rings. The van der Waals surface area contributed by atoms with Crippen molar-refractivity contribution in [3.05, 3.63) is 52.0 Å². The second kappa shape index (κ2) is 7.16. The van der Waals surface area contributed by atoms with Crippen molar-refractivity contribution in [2.24, 2.45) is 5.10 Å². The van der Waals surface area contributed by atoms with Crippen LogP contribution in [0.15, 0.2) is 35.6 Å². The van der Waals surface area contributed by atoms with Gasteiger partial charge in [0.05, 0.1) is 13.3 Å². The molecule has 0 fully saturated rings. The summed E-state index contributed by atoms with van der Waals surface area (Å²) >= 11 is 0. The highest BCUT2D eigenvalue weighted by Gasteiger charge is 2.19. The summed E-state index contributed by atoms with van der Waals surface area (Å²) in [4.78, 5) is 25.9. The molecule has 9 nitrogen and oxygen atoms in total. The third kappa shape index (κ3) is 3.90. The molecule has 0 bridgehead atoms. The number of nitro groups is 1. The Morgan fingerprint density at radius 1 is 1.52 bits per heavy atom. The minimum Gasteiger partial charge on any atom is -0.496 e. The van der Waals surface area contributed by atoms with Crippen LogP contribution >= 0.6 is 0 Å². The summed E-state index contributed by atoms with van der Waals surface area (Å²) in [6.07, 6.45) is 2.55. The molecular weight excluding hydrogens is 302 g/mol. The van der Waals surface area contributed by atoms with Crippen LogP contribution in [0.4, 0.5) is 5.82 Å². The van der Waals surface area contributed by atoms with E-state index in [1.165, 1.54) is 17.9 Å². The van der Waals surface area contributed by atoms with E-state index in [1.807, 2.05) is 12.1 Å². The number of hydrogen-bond acceptors (Lipinski definition) is 6. The summed E-state index contributed by atoms with van der Waals surface area (Å²) in [6, 6.07) is 7.17. The summed E-state index contributed by atoms with van der Waals surface area (Å²) in [7, 11) is 1.53. The van der Waals surface area contributed by atoms with Crippen LogP contribution < -0.4 is 10.2 Å². The van der Waals surface area contributed by atoms with Crippen molar-refractivity contribution < 1.29 is 14.5 Å². The summed E-state index contributed by atoms with van der Waals surface area (Å²) in [6.45, 7) is 1.34. The number of aromatic nitrogens is 2. The average Bonchev–Trinajstić information content (AvgIpc) is 2.89. The van der Waals surface area contributed by atoms with Gasteiger partial charge in [0.1, 0.15) is 11.9 Å². The lowest BCUT2D eigenvalue weighted by atomic mass is 10.2. The van der Waals surface area contributed by atoms with Crippen LogP contribution in [0.1, 0.15) is 11.4 Å². The van der Waals surface area contributed by atoms with Gasteiger partial charge in [-0.05, 0) is 17.1 Å². The van der Waals surface area contributed by atoms with Gasteiger partial charge in [0.2, 0.25) is 0 Å². The Labute approximate surface area is 131 Å². The molecule has 9 heteroatoms. The fourth-order valence-corrected chi connectivity index (χ4v) is 1.92. The molecular formula is C14H15N5O4. The van der Waals surface area contributed by atoms with Crippen LogP contribution in [-0.4, -0.2) is 33.7 Å². The van der Waals surface area contributed by atoms with E-state index in [-0.39, 0.29) is 12.4 Å². The number of amides is 1. The van der Waals surface area contributed by atoms with Gasteiger partial charge in [-0.2, -0.15) is 5.10 Å². The zero-order chi connectivity index (χ0) is 16.8. The van der Waals surface area contributed by atoms with Crippen LogP contribution in [-0.2, 0) is 11.3 Å². The highest BCUT2D eigenvalue weighted by Crippen LogP contribution is 2.15. The van der Waals surface area contributed by atoms with Crippen molar-refractivity contribution in [2.45, 2.75) is 13.5 Å². The summed E-state index contributed by atoms with van der Waals surface area (Å²) in [5.74, 6) is 0.249. The molecule has 1 heterocycles. The van der Waals surface area contributed by atoms with E-state index in [4.69, 9.17) is 4.74 Å². The number of carbonyl (C=O) groups is 1. The zero-order valence-electron chi connectivity index (χ0n) is 12.6. The highest BCUT2D eigenvalue weighted by molar-refractivity contribution is 5.85. The number of hydrazone groups is 1. The number of nitrogens with one attached hydrogen (secondary N) is 1. The van der Waals surface area contributed by atoms with Gasteiger partial charge in [0, 0.05) is 12.5 Å². The van der Waals surface area contributed by atoms with E-state index in [2.05, 4.69) is 15.5 Å². The van der Waals surface area contributed by atoms with E-state index in [1.54, 1.807) is 19.1 Å². The molecule has 1 aromatic carbocycles. The van der Waals surface area contributed by atoms with E-state index < -0.39 is 10.8 Å². The Morgan fingerprint density at radius 2 is 2.26 bits per heavy atom. The molecule has 2 rings (SSSR count). The van der Waals surface area contributed by atoms with Crippen molar-refractivity contribution in [3.63, 3.8) is 0 Å². The summed E-state index contributed by atoms with van der Waals surface area (Å²) in [5, 5.41) is 14.7. The molecule has 1 amide bonds. The van der Waals surface area contributed by atoms with Crippen LogP contribution in [0.25, 0.3) is 0 Å². The first kappa shape index (κ1) is 16.1. The molecule has 23 heavy (non-hydrogen) atoms. The number of ether oxygens (including phenoxy) is 1. The van der Waals surface area contributed by atoms with E-state index >= 15 is 0 Å².